The van der Waals surface area contributed by atoms with Crippen molar-refractivity contribution in [2.75, 3.05) is 0 Å². The Morgan fingerprint density at radius 3 is 1.50 bits per heavy atom. The van der Waals surface area contributed by atoms with Crippen LogP contribution in [0, 0.1) is 0 Å². The molecular formula is C3H6O2Sr. The molecule has 0 fully saturated rings. The molecule has 3 heteroatoms. The standard InChI is InChI=1S/C3H4O2.Sr.2H/c4-2-1-3-5;;;/h2-3H,1H2;;;. The molecule has 0 amide bonds. The van der Waals surface area contributed by atoms with Gasteiger partial charge in [-0.05, 0) is 0 Å². The topological polar surface area (TPSA) is 34.1 Å². The van der Waals surface area contributed by atoms with Gasteiger partial charge in [0.05, 0.1) is 6.42 Å². The maximum absolute atomic E-state index is 9.17. The van der Waals surface area contributed by atoms with Crippen molar-refractivity contribution in [2.45, 2.75) is 6.42 Å². The van der Waals surface area contributed by atoms with E-state index in [0.717, 1.165) is 0 Å². The zero-order valence-electron chi connectivity index (χ0n) is 2.68. The Balaban J connectivity index is 0. The van der Waals surface area contributed by atoms with Crippen LogP contribution in [0.15, 0.2) is 0 Å². The van der Waals surface area contributed by atoms with E-state index in [9.17, 15) is 9.59 Å². The van der Waals surface area contributed by atoms with Crippen molar-refractivity contribution in [1.82, 2.24) is 0 Å². The molecule has 2 nitrogen and oxygen atoms in total. The molecular weight excluding hydrogens is 156 g/mol. The molecule has 0 atom stereocenters. The van der Waals surface area contributed by atoms with E-state index >= 15 is 0 Å². The molecule has 0 spiro atoms. The fraction of sp³-hybridized carbons (Fsp3) is 0.333. The van der Waals surface area contributed by atoms with Gasteiger partial charge >= 0.3 is 45.5 Å². The van der Waals surface area contributed by atoms with Gasteiger partial charge in [-0.3, -0.25) is 0 Å². The van der Waals surface area contributed by atoms with Gasteiger partial charge < -0.3 is 9.59 Å². The van der Waals surface area contributed by atoms with Crippen molar-refractivity contribution in [3.63, 3.8) is 0 Å². The van der Waals surface area contributed by atoms with Crippen LogP contribution in [-0.4, -0.2) is 58.1 Å². The Hall–Kier alpha value is 0.821. The summed E-state index contributed by atoms with van der Waals surface area (Å²) in [6.07, 6.45) is 1.15. The van der Waals surface area contributed by atoms with Crippen LogP contribution in [0.2, 0.25) is 0 Å². The molecule has 0 bridgehead atoms. The molecule has 32 valence electrons. The first-order valence-corrected chi connectivity index (χ1v) is 1.29. The minimum absolute atomic E-state index is 0. The molecule has 0 aliphatic carbocycles. The van der Waals surface area contributed by atoms with Crippen molar-refractivity contribution >= 4 is 58.1 Å². The summed E-state index contributed by atoms with van der Waals surface area (Å²) < 4.78 is 0. The molecule has 0 rings (SSSR count). The van der Waals surface area contributed by atoms with E-state index in [1.807, 2.05) is 0 Å². The third-order valence-corrected chi connectivity index (χ3v) is 0.192. The molecule has 0 unspecified atom stereocenters. The zero-order valence-corrected chi connectivity index (χ0v) is 2.68. The Kier molecular flexibility index (Phi) is 15.4. The Morgan fingerprint density at radius 1 is 1.17 bits per heavy atom. The molecule has 0 N–H and O–H groups in total. The first-order valence-electron chi connectivity index (χ1n) is 1.29. The summed E-state index contributed by atoms with van der Waals surface area (Å²) in [7, 11) is 0. The summed E-state index contributed by atoms with van der Waals surface area (Å²) in [5.41, 5.74) is 0. The molecule has 0 aliphatic rings. The van der Waals surface area contributed by atoms with E-state index in [2.05, 4.69) is 0 Å². The third kappa shape index (κ3) is 8.84. The van der Waals surface area contributed by atoms with Gasteiger partial charge in [0.2, 0.25) is 0 Å². The Morgan fingerprint density at radius 2 is 1.50 bits per heavy atom. The zero-order chi connectivity index (χ0) is 4.12. The summed E-state index contributed by atoms with van der Waals surface area (Å²) in [5, 5.41) is 0. The molecule has 0 heterocycles. The summed E-state index contributed by atoms with van der Waals surface area (Å²) in [6.45, 7) is 0. The van der Waals surface area contributed by atoms with Crippen molar-refractivity contribution in [3.8, 4) is 0 Å². The molecule has 6 heavy (non-hydrogen) atoms. The van der Waals surface area contributed by atoms with Gasteiger partial charge in [-0.15, -0.1) is 0 Å². The molecule has 0 saturated carbocycles. The van der Waals surface area contributed by atoms with Crippen molar-refractivity contribution < 1.29 is 9.59 Å². The van der Waals surface area contributed by atoms with Gasteiger partial charge in [-0.1, -0.05) is 0 Å². The summed E-state index contributed by atoms with van der Waals surface area (Å²) >= 11 is 0. The van der Waals surface area contributed by atoms with Crippen LogP contribution >= 0.6 is 0 Å². The van der Waals surface area contributed by atoms with Crippen LogP contribution < -0.4 is 0 Å². The fourth-order valence-electron chi connectivity index (χ4n) is 0.0393. The van der Waals surface area contributed by atoms with Crippen LogP contribution in [0.4, 0.5) is 0 Å². The molecule has 0 saturated heterocycles. The summed E-state index contributed by atoms with van der Waals surface area (Å²) in [4.78, 5) is 18.3. The van der Waals surface area contributed by atoms with E-state index in [4.69, 9.17) is 0 Å². The monoisotopic (exact) mass is 162 g/mol. The van der Waals surface area contributed by atoms with Crippen molar-refractivity contribution in [1.29, 1.82) is 0 Å². The van der Waals surface area contributed by atoms with Gasteiger partial charge in [0, 0.05) is 0 Å². The van der Waals surface area contributed by atoms with Crippen LogP contribution in [-0.2, 0) is 9.59 Å². The predicted octanol–water partition coefficient (Wildman–Crippen LogP) is -1.14. The SMILES string of the molecule is O=CCC=O.[SrH2]. The average molecular weight is 162 g/mol. The van der Waals surface area contributed by atoms with E-state index in [0.29, 0.717) is 12.6 Å². The molecule has 0 radical (unpaired) electrons. The van der Waals surface area contributed by atoms with Crippen LogP contribution in [0.1, 0.15) is 6.42 Å². The predicted molar refractivity (Wildman–Crippen MR) is 25.3 cm³/mol. The number of carbonyl (C=O) groups is 2. The first-order chi connectivity index (χ1) is 2.41. The first kappa shape index (κ1) is 9.94. The second-order valence-electron chi connectivity index (χ2n) is 0.569. The van der Waals surface area contributed by atoms with E-state index in [1.165, 1.54) is 0 Å². The molecule has 0 aromatic carbocycles. The number of hydrogen-bond donors (Lipinski definition) is 0. The Bertz CT molecular complexity index is 38.1. The minimum atomic E-state index is 0. The maximum atomic E-state index is 9.17. The third-order valence-electron chi connectivity index (χ3n) is 0.192. The normalized spacial score (nSPS) is 5.33. The summed E-state index contributed by atoms with van der Waals surface area (Å²) in [6, 6.07) is 0. The molecule has 0 aliphatic heterocycles. The molecule has 0 aromatic rings. The average Bonchev–Trinajstić information content (AvgIpc) is 1.41. The van der Waals surface area contributed by atoms with Gasteiger partial charge in [0.15, 0.2) is 0 Å². The van der Waals surface area contributed by atoms with Gasteiger partial charge in [-0.25, -0.2) is 0 Å². The van der Waals surface area contributed by atoms with Gasteiger partial charge in [0.25, 0.3) is 0 Å². The van der Waals surface area contributed by atoms with Gasteiger partial charge in [-0.2, -0.15) is 0 Å². The van der Waals surface area contributed by atoms with E-state index < -0.39 is 0 Å². The van der Waals surface area contributed by atoms with Crippen LogP contribution in [0.25, 0.3) is 0 Å². The number of carbonyl (C=O) groups excluding carboxylic acids is 2. The second kappa shape index (κ2) is 9.27. The fourth-order valence-corrected chi connectivity index (χ4v) is 0.0393. The number of aldehydes is 2. The van der Waals surface area contributed by atoms with Crippen molar-refractivity contribution in [2.24, 2.45) is 0 Å². The van der Waals surface area contributed by atoms with E-state index in [-0.39, 0.29) is 51.9 Å². The Labute approximate surface area is 73.2 Å². The summed E-state index contributed by atoms with van der Waals surface area (Å²) in [5.74, 6) is 0. The number of rotatable bonds is 2. The van der Waals surface area contributed by atoms with Crippen LogP contribution in [0.5, 0.6) is 0 Å². The van der Waals surface area contributed by atoms with E-state index in [1.54, 1.807) is 0 Å². The molecule has 0 aromatic heterocycles. The quantitative estimate of drug-likeness (QED) is 0.292. The van der Waals surface area contributed by atoms with Gasteiger partial charge in [0.1, 0.15) is 12.6 Å². The second-order valence-corrected chi connectivity index (χ2v) is 0.569. The van der Waals surface area contributed by atoms with Crippen LogP contribution in [0.3, 0.4) is 0 Å². The van der Waals surface area contributed by atoms with Crippen molar-refractivity contribution in [3.05, 3.63) is 0 Å². The number of hydrogen-bond acceptors (Lipinski definition) is 2.